The average molecular weight is 542 g/mol. The number of hydrogen-bond acceptors (Lipinski definition) is 5. The molecule has 0 bridgehead atoms. The van der Waals surface area contributed by atoms with E-state index in [1.54, 1.807) is 17.0 Å². The summed E-state index contributed by atoms with van der Waals surface area (Å²) in [4.78, 5) is 53.7. The van der Waals surface area contributed by atoms with Gasteiger partial charge in [0.25, 0.3) is 17.6 Å². The quantitative estimate of drug-likeness (QED) is 0.256. The van der Waals surface area contributed by atoms with Crippen molar-refractivity contribution in [3.63, 3.8) is 0 Å². The van der Waals surface area contributed by atoms with Crippen LogP contribution in [0.15, 0.2) is 42.6 Å². The van der Waals surface area contributed by atoms with Crippen LogP contribution < -0.4 is 0 Å². The number of esters is 1. The van der Waals surface area contributed by atoms with Crippen molar-refractivity contribution in [3.05, 3.63) is 70.1 Å². The summed E-state index contributed by atoms with van der Waals surface area (Å²) in [6.07, 6.45) is 3.81. The maximum atomic E-state index is 13.5. The Morgan fingerprint density at radius 3 is 2.32 bits per heavy atom. The predicted octanol–water partition coefficient (Wildman–Crippen LogP) is 3.97. The molecule has 0 atom stereocenters. The molecule has 0 spiro atoms. The molecule has 10 heteroatoms. The predicted molar refractivity (Wildman–Crippen MR) is 141 cm³/mol. The first-order chi connectivity index (χ1) is 18.1. The topological polar surface area (TPSA) is 88.9 Å². The third kappa shape index (κ3) is 5.72. The highest BCUT2D eigenvalue weighted by atomic mass is 35.5. The van der Waals surface area contributed by atoms with Crippen LogP contribution in [0.2, 0.25) is 5.02 Å². The van der Waals surface area contributed by atoms with Crippen molar-refractivity contribution in [2.45, 2.75) is 25.8 Å². The molecule has 1 aliphatic rings. The fraction of sp³-hybridized carbons (Fsp3) is 0.357. The van der Waals surface area contributed by atoms with Crippen LogP contribution in [-0.4, -0.2) is 72.2 Å². The van der Waals surface area contributed by atoms with Crippen molar-refractivity contribution in [1.82, 2.24) is 14.4 Å². The van der Waals surface area contributed by atoms with Crippen molar-refractivity contribution in [1.29, 1.82) is 0 Å². The number of amides is 2. The van der Waals surface area contributed by atoms with Crippen LogP contribution in [0.4, 0.5) is 4.39 Å². The van der Waals surface area contributed by atoms with Crippen LogP contribution in [0.25, 0.3) is 10.9 Å². The summed E-state index contributed by atoms with van der Waals surface area (Å²) < 4.78 is 19.4. The lowest BCUT2D eigenvalue weighted by Crippen LogP contribution is -2.39. The highest BCUT2D eigenvalue weighted by Crippen LogP contribution is 2.31. The summed E-state index contributed by atoms with van der Waals surface area (Å²) >= 11 is 6.54. The largest absolute Gasteiger partial charge is 0.468 e. The van der Waals surface area contributed by atoms with Gasteiger partial charge < -0.3 is 19.1 Å². The first-order valence-corrected chi connectivity index (χ1v) is 12.7. The number of ketones is 1. The van der Waals surface area contributed by atoms with E-state index in [1.165, 1.54) is 61.1 Å². The Labute approximate surface area is 224 Å². The number of rotatable bonds is 7. The molecule has 4 rings (SSSR count). The highest BCUT2D eigenvalue weighted by molar-refractivity contribution is 6.45. The summed E-state index contributed by atoms with van der Waals surface area (Å²) in [5.74, 6) is -2.19. The molecule has 1 saturated heterocycles. The molecule has 0 aliphatic carbocycles. The number of carbonyl (C=O) groups is 4. The summed E-state index contributed by atoms with van der Waals surface area (Å²) in [5, 5.41) is 0.533. The van der Waals surface area contributed by atoms with Gasteiger partial charge in [-0.15, -0.1) is 0 Å². The van der Waals surface area contributed by atoms with Gasteiger partial charge in [-0.2, -0.15) is 0 Å². The Morgan fingerprint density at radius 1 is 1.05 bits per heavy atom. The minimum absolute atomic E-state index is 0.0753. The Hall–Kier alpha value is -3.72. The Kier molecular flexibility index (Phi) is 8.16. The number of aromatic nitrogens is 1. The first-order valence-electron chi connectivity index (χ1n) is 12.3. The van der Waals surface area contributed by atoms with E-state index in [2.05, 4.69) is 0 Å². The van der Waals surface area contributed by atoms with Crippen LogP contribution in [0.3, 0.4) is 0 Å². The number of Topliss-reactive ketones (excluding diaryl/α,β-unsaturated/α-hetero) is 1. The normalized spacial score (nSPS) is 14.0. The van der Waals surface area contributed by atoms with Crippen molar-refractivity contribution in [2.24, 2.45) is 5.92 Å². The number of ether oxygens (including phenoxy) is 1. The van der Waals surface area contributed by atoms with E-state index in [9.17, 15) is 23.6 Å². The lowest BCUT2D eigenvalue weighted by Gasteiger charge is -2.32. The van der Waals surface area contributed by atoms with Crippen LogP contribution in [0.1, 0.15) is 39.1 Å². The standard InChI is InChI=1S/C28H29ClFN3O5/c1-31(2)28(37)26(35)22-15-33(16-25(34)38-3)24-14-23(29)21(13-20(22)24)27(36)32-10-8-18(9-11-32)12-17-4-6-19(30)7-5-17/h4-7,13-15,18H,8-12,16H2,1-3H3. The molecule has 0 N–H and O–H groups in total. The van der Waals surface area contributed by atoms with E-state index in [4.69, 9.17) is 16.3 Å². The second kappa shape index (κ2) is 11.3. The van der Waals surface area contributed by atoms with E-state index < -0.39 is 17.7 Å². The van der Waals surface area contributed by atoms with Gasteiger partial charge in [-0.1, -0.05) is 23.7 Å². The molecule has 1 aliphatic heterocycles. The van der Waals surface area contributed by atoms with Crippen molar-refractivity contribution in [3.8, 4) is 0 Å². The molecule has 1 aromatic heterocycles. The van der Waals surface area contributed by atoms with Crippen LogP contribution in [0.5, 0.6) is 0 Å². The number of carbonyl (C=O) groups excluding carboxylic acids is 4. The van der Waals surface area contributed by atoms with Gasteiger partial charge in [0, 0.05) is 38.8 Å². The number of fused-ring (bicyclic) bond motifs is 1. The SMILES string of the molecule is COC(=O)Cn1cc(C(=O)C(=O)N(C)C)c2cc(C(=O)N3CCC(Cc4ccc(F)cc4)CC3)c(Cl)cc21. The summed E-state index contributed by atoms with van der Waals surface area (Å²) in [5.41, 5.74) is 1.79. The summed E-state index contributed by atoms with van der Waals surface area (Å²) in [6.45, 7) is 0.877. The number of likely N-dealkylation sites (N-methyl/N-ethyl adjacent to an activating group) is 1. The smallest absolute Gasteiger partial charge is 0.325 e. The molecule has 0 unspecified atom stereocenters. The van der Waals surface area contributed by atoms with E-state index in [0.29, 0.717) is 29.9 Å². The number of halogens is 2. The minimum Gasteiger partial charge on any atom is -0.468 e. The summed E-state index contributed by atoms with van der Waals surface area (Å²) in [6, 6.07) is 9.54. The number of hydrogen-bond donors (Lipinski definition) is 0. The second-order valence-electron chi connectivity index (χ2n) is 9.69. The molecule has 0 radical (unpaired) electrons. The fourth-order valence-electron chi connectivity index (χ4n) is 4.77. The van der Waals surface area contributed by atoms with E-state index in [0.717, 1.165) is 24.8 Å². The van der Waals surface area contributed by atoms with Crippen molar-refractivity contribution >= 4 is 46.1 Å². The maximum Gasteiger partial charge on any atom is 0.325 e. The third-order valence-electron chi connectivity index (χ3n) is 6.91. The van der Waals surface area contributed by atoms with Gasteiger partial charge in [0.15, 0.2) is 0 Å². The average Bonchev–Trinajstić information content (AvgIpc) is 3.25. The molecule has 2 amide bonds. The third-order valence-corrected chi connectivity index (χ3v) is 7.22. The van der Waals surface area contributed by atoms with Crippen LogP contribution >= 0.6 is 11.6 Å². The zero-order valence-electron chi connectivity index (χ0n) is 21.5. The zero-order valence-corrected chi connectivity index (χ0v) is 22.3. The Balaban J connectivity index is 1.59. The van der Waals surface area contributed by atoms with E-state index >= 15 is 0 Å². The number of benzene rings is 2. The highest BCUT2D eigenvalue weighted by Gasteiger charge is 2.28. The van der Waals surface area contributed by atoms with Crippen LogP contribution in [0, 0.1) is 11.7 Å². The molecule has 2 aromatic carbocycles. The first kappa shape index (κ1) is 27.3. The van der Waals surface area contributed by atoms with E-state index in [1.807, 2.05) is 0 Å². The molecule has 2 heterocycles. The van der Waals surface area contributed by atoms with Gasteiger partial charge in [-0.3, -0.25) is 19.2 Å². The number of piperidine rings is 1. The van der Waals surface area contributed by atoms with Gasteiger partial charge in [0.2, 0.25) is 0 Å². The molecular formula is C28H29ClFN3O5. The molecule has 0 saturated carbocycles. The van der Waals surface area contributed by atoms with Gasteiger partial charge in [0.1, 0.15) is 12.4 Å². The van der Waals surface area contributed by atoms with Crippen molar-refractivity contribution < 1.29 is 28.3 Å². The minimum atomic E-state index is -0.758. The van der Waals surface area contributed by atoms with Gasteiger partial charge >= 0.3 is 5.97 Å². The monoisotopic (exact) mass is 541 g/mol. The molecule has 200 valence electrons. The van der Waals surface area contributed by atoms with Gasteiger partial charge in [-0.05, 0) is 55.0 Å². The zero-order chi connectivity index (χ0) is 27.6. The molecule has 38 heavy (non-hydrogen) atoms. The van der Waals surface area contributed by atoms with Crippen molar-refractivity contribution in [2.75, 3.05) is 34.3 Å². The molecule has 3 aromatic rings. The van der Waals surface area contributed by atoms with Gasteiger partial charge in [-0.25, -0.2) is 4.39 Å². The summed E-state index contributed by atoms with van der Waals surface area (Å²) in [7, 11) is 4.20. The number of methoxy groups -OCH3 is 1. The van der Waals surface area contributed by atoms with E-state index in [-0.39, 0.29) is 34.4 Å². The molecule has 8 nitrogen and oxygen atoms in total. The second-order valence-corrected chi connectivity index (χ2v) is 10.1. The molecular weight excluding hydrogens is 513 g/mol. The van der Waals surface area contributed by atoms with Gasteiger partial charge in [0.05, 0.1) is 28.8 Å². The Morgan fingerprint density at radius 2 is 1.71 bits per heavy atom. The lowest BCUT2D eigenvalue weighted by atomic mass is 9.90. The lowest BCUT2D eigenvalue weighted by molar-refractivity contribution is -0.141. The maximum absolute atomic E-state index is 13.5. The number of likely N-dealkylation sites (tertiary alicyclic amines) is 1. The number of nitrogens with zero attached hydrogens (tertiary/aromatic N) is 3. The fourth-order valence-corrected chi connectivity index (χ4v) is 5.01. The Bertz CT molecular complexity index is 1390. The van der Waals surface area contributed by atoms with Crippen LogP contribution in [-0.2, 0) is 27.3 Å². The molecule has 1 fully saturated rings.